The van der Waals surface area contributed by atoms with Crippen molar-refractivity contribution in [3.8, 4) is 47.2 Å². The third-order valence-electron chi connectivity index (χ3n) is 6.37. The van der Waals surface area contributed by atoms with Crippen LogP contribution in [0.1, 0.15) is 19.4 Å². The Labute approximate surface area is 263 Å². The fourth-order valence-electron chi connectivity index (χ4n) is 4.65. The third kappa shape index (κ3) is 4.27. The highest BCUT2D eigenvalue weighted by Crippen LogP contribution is 2.61. The molecule has 0 bridgehead atoms. The average molecular weight is 653 g/mol. The van der Waals surface area contributed by atoms with E-state index in [1.54, 1.807) is 45.3 Å². The molecule has 42 heavy (non-hydrogen) atoms. The molecular weight excluding hydrogens is 641 g/mol. The first-order valence-corrected chi connectivity index (χ1v) is 17.0. The molecule has 7 heterocycles. The molecule has 7 rings (SSSR count). The lowest BCUT2D eigenvalue weighted by Gasteiger charge is -2.31. The van der Waals surface area contributed by atoms with E-state index in [4.69, 9.17) is 28.4 Å². The van der Waals surface area contributed by atoms with E-state index in [9.17, 15) is 0 Å². The van der Waals surface area contributed by atoms with Crippen LogP contribution in [0.5, 0.6) is 5.75 Å². The molecule has 0 aliphatic carbocycles. The Bertz CT molecular complexity index is 2290. The van der Waals surface area contributed by atoms with Crippen LogP contribution in [0.2, 0.25) is 0 Å². The lowest BCUT2D eigenvalue weighted by molar-refractivity contribution is 0.111. The molecule has 0 N–H and O–H groups in total. The van der Waals surface area contributed by atoms with Gasteiger partial charge in [0.2, 0.25) is 5.71 Å². The fraction of sp³-hybridized carbons (Fsp3) is 0.103. The second-order valence-electron chi connectivity index (χ2n) is 9.38. The summed E-state index contributed by atoms with van der Waals surface area (Å²) in [6.07, 6.45) is 0. The number of thiophene rings is 6. The Morgan fingerprint density at radius 3 is 1.95 bits per heavy atom. The molecule has 0 radical (unpaired) electrons. The SMILES string of the molecule is [C-]#[N+]C(=Nc1ccc(-c2cc3sc4c(c3s2)C(C)(C)Oc2c-4sc3cc(-c4ccc(N=C(C#N)C#N)s4)sc23)s1)[N+]#[C-]. The van der Waals surface area contributed by atoms with Gasteiger partial charge >= 0.3 is 5.96 Å². The highest BCUT2D eigenvalue weighted by molar-refractivity contribution is 7.36. The van der Waals surface area contributed by atoms with Crippen LogP contribution in [0.3, 0.4) is 0 Å². The first kappa shape index (κ1) is 26.7. The molecule has 1 aliphatic rings. The molecule has 0 saturated heterocycles. The second kappa shape index (κ2) is 9.97. The van der Waals surface area contributed by atoms with E-state index in [0.717, 1.165) is 34.8 Å². The van der Waals surface area contributed by atoms with Crippen LogP contribution in [0, 0.1) is 35.8 Å². The Kier molecular flexibility index (Phi) is 6.34. The van der Waals surface area contributed by atoms with E-state index < -0.39 is 5.60 Å². The molecule has 6 aromatic heterocycles. The molecule has 1 aliphatic heterocycles. The van der Waals surface area contributed by atoms with Gasteiger partial charge in [-0.15, -0.1) is 56.7 Å². The summed E-state index contributed by atoms with van der Waals surface area (Å²) >= 11 is 9.90. The molecule has 0 spiro atoms. The number of hydrogen-bond donors (Lipinski definition) is 0. The van der Waals surface area contributed by atoms with Gasteiger partial charge in [-0.2, -0.15) is 10.5 Å². The van der Waals surface area contributed by atoms with Crippen LogP contribution in [0.25, 0.3) is 57.8 Å². The highest BCUT2D eigenvalue weighted by Gasteiger charge is 2.40. The van der Waals surface area contributed by atoms with Crippen molar-refractivity contribution in [3.63, 3.8) is 0 Å². The zero-order chi connectivity index (χ0) is 29.2. The molecule has 0 aromatic carbocycles. The van der Waals surface area contributed by atoms with Gasteiger partial charge in [0.05, 0.1) is 23.9 Å². The quantitative estimate of drug-likeness (QED) is 0.108. The summed E-state index contributed by atoms with van der Waals surface area (Å²) in [6.45, 7) is 18.4. The maximum atomic E-state index is 9.02. The first-order chi connectivity index (χ1) is 20.3. The standard InChI is InChI=1S/C29H12N6OS6/c1-29(2)22-24-18(9-16(39-24)14-6-8-21(38-14)35-28(32-3)33-4)41-26(22)27-23(36-29)25-19(42-27)10-17(40-25)15-5-7-20(37-15)34-13(11-30)12-31/h5-10H,1-2H3. The Morgan fingerprint density at radius 2 is 1.33 bits per heavy atom. The molecule has 0 atom stereocenters. The van der Waals surface area contributed by atoms with Crippen LogP contribution < -0.4 is 4.74 Å². The lowest BCUT2D eigenvalue weighted by Crippen LogP contribution is -2.27. The number of guanidine groups is 1. The highest BCUT2D eigenvalue weighted by atomic mass is 32.1. The van der Waals surface area contributed by atoms with Crippen molar-refractivity contribution in [2.24, 2.45) is 9.98 Å². The molecule has 200 valence electrons. The monoisotopic (exact) mass is 652 g/mol. The predicted molar refractivity (Wildman–Crippen MR) is 177 cm³/mol. The van der Waals surface area contributed by atoms with Gasteiger partial charge in [0.1, 0.15) is 22.7 Å². The number of nitrogens with zero attached hydrogens (tertiary/aromatic N) is 6. The minimum atomic E-state index is -0.526. The van der Waals surface area contributed by atoms with Crippen molar-refractivity contribution in [1.29, 1.82) is 10.5 Å². The normalized spacial score (nSPS) is 12.8. The van der Waals surface area contributed by atoms with Gasteiger partial charge in [-0.05, 0) is 57.3 Å². The summed E-state index contributed by atoms with van der Waals surface area (Å²) in [6, 6.07) is 15.7. The predicted octanol–water partition coefficient (Wildman–Crippen LogP) is 10.9. The molecule has 6 aromatic rings. The van der Waals surface area contributed by atoms with Crippen LogP contribution in [0.15, 0.2) is 46.4 Å². The Morgan fingerprint density at radius 1 is 0.762 bits per heavy atom. The summed E-state index contributed by atoms with van der Waals surface area (Å²) in [5.41, 5.74) is 0.534. The lowest BCUT2D eigenvalue weighted by atomic mass is 9.95. The Hall–Kier alpha value is -4.18. The fourth-order valence-corrected chi connectivity index (χ4v) is 12.1. The molecule has 0 saturated carbocycles. The van der Waals surface area contributed by atoms with Crippen molar-refractivity contribution >= 4 is 108 Å². The van der Waals surface area contributed by atoms with E-state index in [-0.39, 0.29) is 11.7 Å². The second-order valence-corrected chi connectivity index (χ2v) is 15.7. The molecular formula is C29H12N6OS6. The van der Waals surface area contributed by atoms with E-state index >= 15 is 0 Å². The minimum Gasteiger partial charge on any atom is -0.480 e. The summed E-state index contributed by atoms with van der Waals surface area (Å²) in [5, 5.41) is 19.3. The van der Waals surface area contributed by atoms with Crippen molar-refractivity contribution in [1.82, 2.24) is 0 Å². The molecule has 0 amide bonds. The number of aliphatic imine (C=N–C) groups is 2. The van der Waals surface area contributed by atoms with Crippen LogP contribution in [-0.2, 0) is 5.60 Å². The van der Waals surface area contributed by atoms with E-state index in [1.165, 1.54) is 47.2 Å². The summed E-state index contributed by atoms with van der Waals surface area (Å²) in [4.78, 5) is 21.4. The van der Waals surface area contributed by atoms with Gasteiger partial charge in [-0.25, -0.2) is 14.7 Å². The Balaban J connectivity index is 1.26. The van der Waals surface area contributed by atoms with E-state index in [1.807, 2.05) is 36.4 Å². The van der Waals surface area contributed by atoms with E-state index in [2.05, 4.69) is 45.7 Å². The number of hydrogen-bond acceptors (Lipinski definition) is 11. The number of nitriles is 2. The third-order valence-corrected chi connectivity index (χ3v) is 13.7. The number of rotatable bonds is 4. The van der Waals surface area contributed by atoms with Crippen molar-refractivity contribution in [2.75, 3.05) is 0 Å². The van der Waals surface area contributed by atoms with Gasteiger partial charge in [0, 0.05) is 40.8 Å². The summed E-state index contributed by atoms with van der Waals surface area (Å²) < 4.78 is 11.5. The average Bonchev–Trinajstić information content (AvgIpc) is 3.79. The topological polar surface area (TPSA) is 90.2 Å². The number of ether oxygens (including phenoxy) is 1. The summed E-state index contributed by atoms with van der Waals surface area (Å²) in [5.74, 6) is 0.751. The van der Waals surface area contributed by atoms with Gasteiger partial charge < -0.3 is 4.74 Å². The van der Waals surface area contributed by atoms with Gasteiger partial charge in [-0.1, -0.05) is 11.3 Å². The largest absolute Gasteiger partial charge is 0.635 e. The molecule has 0 fully saturated rings. The van der Waals surface area contributed by atoms with Crippen LogP contribution >= 0.6 is 68.0 Å². The van der Waals surface area contributed by atoms with Crippen LogP contribution in [-0.4, -0.2) is 11.7 Å². The van der Waals surface area contributed by atoms with Crippen molar-refractivity contribution in [3.05, 3.63) is 64.8 Å². The molecule has 13 heteroatoms. The van der Waals surface area contributed by atoms with Crippen molar-refractivity contribution < 1.29 is 4.74 Å². The maximum Gasteiger partial charge on any atom is 0.635 e. The molecule has 0 unspecified atom stereocenters. The summed E-state index contributed by atoms with van der Waals surface area (Å²) in [7, 11) is 0. The molecule has 7 nitrogen and oxygen atoms in total. The smallest absolute Gasteiger partial charge is 0.480 e. The zero-order valence-corrected chi connectivity index (χ0v) is 26.4. The van der Waals surface area contributed by atoms with Gasteiger partial charge in [0.25, 0.3) is 5.00 Å². The zero-order valence-electron chi connectivity index (χ0n) is 21.5. The number of fused-ring (bicyclic) bond motifs is 7. The van der Waals surface area contributed by atoms with Gasteiger partial charge in [0.15, 0.2) is 5.75 Å². The minimum absolute atomic E-state index is 0.153. The van der Waals surface area contributed by atoms with Gasteiger partial charge in [-0.3, -0.25) is 0 Å². The van der Waals surface area contributed by atoms with Crippen molar-refractivity contribution in [2.45, 2.75) is 19.4 Å². The van der Waals surface area contributed by atoms with E-state index in [0.29, 0.717) is 10.0 Å². The van der Waals surface area contributed by atoms with Crippen LogP contribution in [0.4, 0.5) is 10.0 Å². The maximum absolute atomic E-state index is 9.02. The first-order valence-electron chi connectivity index (χ1n) is 12.1.